The first-order valence-electron chi connectivity index (χ1n) is 7.00. The molecule has 0 saturated heterocycles. The minimum absolute atomic E-state index is 0.0642. The van der Waals surface area contributed by atoms with Crippen LogP contribution in [0.25, 0.3) is 0 Å². The zero-order chi connectivity index (χ0) is 14.7. The van der Waals surface area contributed by atoms with E-state index in [1.165, 1.54) is 0 Å². The van der Waals surface area contributed by atoms with E-state index in [4.69, 9.17) is 4.74 Å². The highest BCUT2D eigenvalue weighted by atomic mass is 16.6. The topological polar surface area (TPSA) is 60.4 Å². The highest BCUT2D eigenvalue weighted by molar-refractivity contribution is 6.05. The summed E-state index contributed by atoms with van der Waals surface area (Å²) >= 11 is 0. The Balaban J connectivity index is 2.85. The summed E-state index contributed by atoms with van der Waals surface area (Å²) in [6, 6.07) is 0. The Morgan fingerprint density at radius 1 is 1.32 bits per heavy atom. The van der Waals surface area contributed by atoms with Crippen LogP contribution in [0.15, 0.2) is 0 Å². The molecule has 0 amide bonds. The smallest absolute Gasteiger partial charge is 0.320 e. The molecule has 1 unspecified atom stereocenters. The Bertz CT molecular complexity index is 378. The highest BCUT2D eigenvalue weighted by Crippen LogP contribution is 2.41. The second-order valence-corrected chi connectivity index (χ2v) is 6.25. The first-order valence-corrected chi connectivity index (χ1v) is 7.00. The van der Waals surface area contributed by atoms with E-state index in [0.29, 0.717) is 32.1 Å². The largest absolute Gasteiger partial charge is 0.459 e. The Kier molecular flexibility index (Phi) is 4.88. The van der Waals surface area contributed by atoms with Crippen LogP contribution in [0.2, 0.25) is 0 Å². The molecule has 0 spiro atoms. The number of ketones is 2. The molecule has 0 N–H and O–H groups in total. The number of Topliss-reactive ketones (excluding diaryl/α,β-unsaturated/α-hetero) is 2. The van der Waals surface area contributed by atoms with Crippen LogP contribution in [0.5, 0.6) is 0 Å². The lowest BCUT2D eigenvalue weighted by Crippen LogP contribution is -2.41. The van der Waals surface area contributed by atoms with Crippen LogP contribution < -0.4 is 0 Å². The van der Waals surface area contributed by atoms with Crippen molar-refractivity contribution in [2.75, 3.05) is 0 Å². The fourth-order valence-corrected chi connectivity index (χ4v) is 2.42. The predicted octanol–water partition coefficient (Wildman–Crippen LogP) is 2.83. The van der Waals surface area contributed by atoms with Crippen molar-refractivity contribution in [1.82, 2.24) is 0 Å². The molecule has 1 rings (SSSR count). The second kappa shape index (κ2) is 5.85. The Morgan fingerprint density at radius 2 is 1.95 bits per heavy atom. The van der Waals surface area contributed by atoms with E-state index in [0.717, 1.165) is 0 Å². The van der Waals surface area contributed by atoms with Crippen LogP contribution >= 0.6 is 0 Å². The number of rotatable bonds is 5. The lowest BCUT2D eigenvalue weighted by atomic mass is 9.79. The Hall–Kier alpha value is -1.19. The summed E-state index contributed by atoms with van der Waals surface area (Å²) in [6.07, 6.45) is 2.66. The van der Waals surface area contributed by atoms with Crippen molar-refractivity contribution in [3.8, 4) is 0 Å². The number of hydrogen-bond donors (Lipinski definition) is 0. The molecule has 1 fully saturated rings. The standard InChI is InChI=1S/C15H24O4/c1-5-11(16)8-10-15(9-6-7-12(15)17)13(18)19-14(2,3)4/h5-10H2,1-4H3. The van der Waals surface area contributed by atoms with Crippen molar-refractivity contribution in [3.05, 3.63) is 0 Å². The number of ether oxygens (including phenoxy) is 1. The quantitative estimate of drug-likeness (QED) is 0.568. The molecule has 0 aromatic heterocycles. The summed E-state index contributed by atoms with van der Waals surface area (Å²) in [7, 11) is 0. The molecule has 0 heterocycles. The third kappa shape index (κ3) is 3.88. The van der Waals surface area contributed by atoms with Gasteiger partial charge in [0, 0.05) is 19.3 Å². The van der Waals surface area contributed by atoms with Crippen molar-refractivity contribution >= 4 is 17.5 Å². The Morgan fingerprint density at radius 3 is 2.37 bits per heavy atom. The maximum absolute atomic E-state index is 12.3. The van der Waals surface area contributed by atoms with Gasteiger partial charge in [-0.25, -0.2) is 0 Å². The molecule has 4 nitrogen and oxygen atoms in total. The van der Waals surface area contributed by atoms with E-state index in [2.05, 4.69) is 0 Å². The molecule has 19 heavy (non-hydrogen) atoms. The molecule has 4 heteroatoms. The van der Waals surface area contributed by atoms with Crippen molar-refractivity contribution in [2.24, 2.45) is 5.41 Å². The zero-order valence-corrected chi connectivity index (χ0v) is 12.4. The van der Waals surface area contributed by atoms with Crippen molar-refractivity contribution < 1.29 is 19.1 Å². The second-order valence-electron chi connectivity index (χ2n) is 6.25. The molecule has 0 aromatic rings. The average molecular weight is 268 g/mol. The normalized spacial score (nSPS) is 23.5. The van der Waals surface area contributed by atoms with Crippen LogP contribution in [0.4, 0.5) is 0 Å². The monoisotopic (exact) mass is 268 g/mol. The first-order chi connectivity index (χ1) is 8.71. The van der Waals surface area contributed by atoms with Gasteiger partial charge < -0.3 is 4.74 Å². The van der Waals surface area contributed by atoms with Crippen LogP contribution in [0.1, 0.15) is 66.2 Å². The van der Waals surface area contributed by atoms with Gasteiger partial charge in [0.15, 0.2) is 0 Å². The van der Waals surface area contributed by atoms with E-state index in [1.54, 1.807) is 27.7 Å². The zero-order valence-electron chi connectivity index (χ0n) is 12.4. The summed E-state index contributed by atoms with van der Waals surface area (Å²) < 4.78 is 5.39. The molecular formula is C15H24O4. The minimum atomic E-state index is -1.07. The van der Waals surface area contributed by atoms with Gasteiger partial charge in [-0.1, -0.05) is 6.92 Å². The summed E-state index contributed by atoms with van der Waals surface area (Å²) in [5, 5.41) is 0. The van der Waals surface area contributed by atoms with E-state index < -0.39 is 17.0 Å². The van der Waals surface area contributed by atoms with E-state index in [-0.39, 0.29) is 18.0 Å². The van der Waals surface area contributed by atoms with Crippen LogP contribution in [0.3, 0.4) is 0 Å². The fraction of sp³-hybridized carbons (Fsp3) is 0.800. The third-order valence-electron chi connectivity index (χ3n) is 3.56. The maximum Gasteiger partial charge on any atom is 0.320 e. The first kappa shape index (κ1) is 15.9. The predicted molar refractivity (Wildman–Crippen MR) is 71.7 cm³/mol. The van der Waals surface area contributed by atoms with Gasteiger partial charge in [-0.2, -0.15) is 0 Å². The lowest BCUT2D eigenvalue weighted by Gasteiger charge is -2.29. The van der Waals surface area contributed by atoms with E-state index >= 15 is 0 Å². The van der Waals surface area contributed by atoms with Gasteiger partial charge in [-0.05, 0) is 40.0 Å². The van der Waals surface area contributed by atoms with Crippen molar-refractivity contribution in [3.63, 3.8) is 0 Å². The van der Waals surface area contributed by atoms with Crippen LogP contribution in [0, 0.1) is 5.41 Å². The molecule has 1 atom stereocenters. The summed E-state index contributed by atoms with van der Waals surface area (Å²) in [5.74, 6) is -0.431. The molecule has 0 bridgehead atoms. The number of carbonyl (C=O) groups is 3. The third-order valence-corrected chi connectivity index (χ3v) is 3.56. The van der Waals surface area contributed by atoms with Gasteiger partial charge in [0.25, 0.3) is 0 Å². The highest BCUT2D eigenvalue weighted by Gasteiger charge is 2.50. The number of carbonyl (C=O) groups excluding carboxylic acids is 3. The maximum atomic E-state index is 12.3. The van der Waals surface area contributed by atoms with E-state index in [1.807, 2.05) is 0 Å². The number of hydrogen-bond acceptors (Lipinski definition) is 4. The molecule has 1 aliphatic rings. The SMILES string of the molecule is CCC(=O)CCC1(C(=O)OC(C)(C)C)CCCC1=O. The fourth-order valence-electron chi connectivity index (χ4n) is 2.42. The lowest BCUT2D eigenvalue weighted by molar-refractivity contribution is -0.169. The van der Waals surface area contributed by atoms with E-state index in [9.17, 15) is 14.4 Å². The molecular weight excluding hydrogens is 244 g/mol. The van der Waals surface area contributed by atoms with Gasteiger partial charge in [0.1, 0.15) is 22.6 Å². The van der Waals surface area contributed by atoms with Gasteiger partial charge in [0.05, 0.1) is 0 Å². The van der Waals surface area contributed by atoms with Crippen LogP contribution in [-0.4, -0.2) is 23.1 Å². The molecule has 0 radical (unpaired) electrons. The van der Waals surface area contributed by atoms with Gasteiger partial charge in [0.2, 0.25) is 0 Å². The van der Waals surface area contributed by atoms with Gasteiger partial charge in [-0.3, -0.25) is 14.4 Å². The summed E-state index contributed by atoms with van der Waals surface area (Å²) in [5.41, 5.74) is -1.68. The molecule has 1 aliphatic carbocycles. The summed E-state index contributed by atoms with van der Waals surface area (Å²) in [6.45, 7) is 7.15. The molecule has 108 valence electrons. The van der Waals surface area contributed by atoms with Crippen molar-refractivity contribution in [1.29, 1.82) is 0 Å². The van der Waals surface area contributed by atoms with Crippen molar-refractivity contribution in [2.45, 2.75) is 71.8 Å². The minimum Gasteiger partial charge on any atom is -0.459 e. The molecule has 1 saturated carbocycles. The molecule has 0 aromatic carbocycles. The van der Waals surface area contributed by atoms with Crippen LogP contribution in [-0.2, 0) is 19.1 Å². The van der Waals surface area contributed by atoms with Gasteiger partial charge in [-0.15, -0.1) is 0 Å². The number of esters is 1. The summed E-state index contributed by atoms with van der Waals surface area (Å²) in [4.78, 5) is 35.9. The molecule has 0 aliphatic heterocycles. The Labute approximate surface area is 114 Å². The van der Waals surface area contributed by atoms with Gasteiger partial charge >= 0.3 is 5.97 Å². The average Bonchev–Trinajstić information content (AvgIpc) is 2.66.